The van der Waals surface area contributed by atoms with Gasteiger partial charge in [0.05, 0.1) is 0 Å². The summed E-state index contributed by atoms with van der Waals surface area (Å²) in [5.41, 5.74) is 4.42. The number of benzene rings is 1. The van der Waals surface area contributed by atoms with Crippen molar-refractivity contribution in [2.75, 3.05) is 5.32 Å². The van der Waals surface area contributed by atoms with Crippen LogP contribution < -0.4 is 10.7 Å². The maximum atomic E-state index is 11.9. The molecule has 5 nitrogen and oxygen atoms in total. The average Bonchev–Trinajstić information content (AvgIpc) is 2.33. The van der Waals surface area contributed by atoms with Crippen molar-refractivity contribution in [3.05, 3.63) is 27.3 Å². The molecule has 1 aliphatic rings. The van der Waals surface area contributed by atoms with Crippen molar-refractivity contribution in [2.45, 2.75) is 19.8 Å². The Labute approximate surface area is 118 Å². The molecule has 6 heteroatoms. The summed E-state index contributed by atoms with van der Waals surface area (Å²) < 4.78 is 1.12. The van der Waals surface area contributed by atoms with E-state index in [-0.39, 0.29) is 11.8 Å². The summed E-state index contributed by atoms with van der Waals surface area (Å²) >= 11 is 2.22. The van der Waals surface area contributed by atoms with Crippen molar-refractivity contribution >= 4 is 45.8 Å². The molecule has 0 fully saturated rings. The molecule has 2 N–H and O–H groups in total. The van der Waals surface area contributed by atoms with Gasteiger partial charge in [0, 0.05) is 22.1 Å². The average molecular weight is 357 g/mol. The topological polar surface area (TPSA) is 70.6 Å². The molecule has 18 heavy (non-hydrogen) atoms. The molecule has 0 saturated carbocycles. The molecule has 0 atom stereocenters. The summed E-state index contributed by atoms with van der Waals surface area (Å²) in [6, 6.07) is 5.77. The van der Waals surface area contributed by atoms with Crippen LogP contribution in [0.2, 0.25) is 0 Å². The second kappa shape index (κ2) is 5.47. The number of anilines is 1. The first-order valence-corrected chi connectivity index (χ1v) is 6.57. The van der Waals surface area contributed by atoms with Gasteiger partial charge in [0.25, 0.3) is 5.91 Å². The van der Waals surface area contributed by atoms with Gasteiger partial charge >= 0.3 is 0 Å². The molecule has 0 bridgehead atoms. The van der Waals surface area contributed by atoms with Crippen LogP contribution in [0.4, 0.5) is 5.69 Å². The number of carbonyl (C=O) groups excluding carboxylic acids is 2. The standard InChI is InChI=1S/C12H12IN3O2/c1-7-6-8(13)2-3-9(7)14-12(18)10-4-5-11(17)16-15-10/h2-3,6H,4-5H2,1H3,(H,14,18)(H,16,17). The third-order valence-electron chi connectivity index (χ3n) is 2.60. The van der Waals surface area contributed by atoms with E-state index >= 15 is 0 Å². The Bertz CT molecular complexity index is 540. The molecule has 0 aliphatic carbocycles. The summed E-state index contributed by atoms with van der Waals surface area (Å²) in [6.07, 6.45) is 0.680. The molecule has 1 aromatic carbocycles. The third kappa shape index (κ3) is 3.06. The Hall–Kier alpha value is -1.44. The third-order valence-corrected chi connectivity index (χ3v) is 3.27. The Morgan fingerprint density at radius 2 is 2.22 bits per heavy atom. The first-order chi connectivity index (χ1) is 8.56. The maximum Gasteiger partial charge on any atom is 0.271 e. The Kier molecular flexibility index (Phi) is 3.95. The zero-order valence-corrected chi connectivity index (χ0v) is 11.9. The fraction of sp³-hybridized carbons (Fsp3) is 0.250. The molecule has 1 aromatic rings. The van der Waals surface area contributed by atoms with Gasteiger partial charge in [-0.05, 0) is 53.3 Å². The molecule has 0 spiro atoms. The second-order valence-electron chi connectivity index (χ2n) is 4.01. The number of hydrazone groups is 1. The van der Waals surface area contributed by atoms with Gasteiger partial charge in [0.15, 0.2) is 0 Å². The van der Waals surface area contributed by atoms with Gasteiger partial charge in [0.2, 0.25) is 5.91 Å². The summed E-state index contributed by atoms with van der Waals surface area (Å²) in [4.78, 5) is 22.8. The number of amides is 2. The van der Waals surface area contributed by atoms with E-state index in [1.165, 1.54) is 0 Å². The van der Waals surface area contributed by atoms with Crippen LogP contribution in [0.1, 0.15) is 18.4 Å². The fourth-order valence-corrected chi connectivity index (χ4v) is 2.25. The van der Waals surface area contributed by atoms with Crippen molar-refractivity contribution in [1.82, 2.24) is 5.43 Å². The SMILES string of the molecule is Cc1cc(I)ccc1NC(=O)C1=NNC(=O)CC1. The first kappa shape index (κ1) is 13.0. The molecule has 0 aromatic heterocycles. The van der Waals surface area contributed by atoms with Crippen molar-refractivity contribution in [1.29, 1.82) is 0 Å². The second-order valence-corrected chi connectivity index (χ2v) is 5.25. The van der Waals surface area contributed by atoms with Crippen LogP contribution in [-0.2, 0) is 9.59 Å². The van der Waals surface area contributed by atoms with E-state index < -0.39 is 0 Å². The number of nitrogens with one attached hydrogen (secondary N) is 2. The number of carbonyl (C=O) groups is 2. The summed E-state index contributed by atoms with van der Waals surface area (Å²) in [5.74, 6) is -0.420. The van der Waals surface area contributed by atoms with E-state index in [0.29, 0.717) is 18.6 Å². The lowest BCUT2D eigenvalue weighted by Gasteiger charge is -2.13. The molecule has 2 amide bonds. The van der Waals surface area contributed by atoms with Crippen LogP contribution >= 0.6 is 22.6 Å². The van der Waals surface area contributed by atoms with Crippen LogP contribution in [0.15, 0.2) is 23.3 Å². The zero-order valence-electron chi connectivity index (χ0n) is 9.79. The highest BCUT2D eigenvalue weighted by Gasteiger charge is 2.18. The predicted octanol–water partition coefficient (Wildman–Crippen LogP) is 1.80. The fourth-order valence-electron chi connectivity index (χ4n) is 1.60. The van der Waals surface area contributed by atoms with E-state index in [0.717, 1.165) is 14.8 Å². The number of hydrogen-bond donors (Lipinski definition) is 2. The largest absolute Gasteiger partial charge is 0.321 e. The van der Waals surface area contributed by atoms with E-state index in [1.54, 1.807) is 0 Å². The van der Waals surface area contributed by atoms with Crippen LogP contribution in [0.3, 0.4) is 0 Å². The summed E-state index contributed by atoms with van der Waals surface area (Å²) in [6.45, 7) is 1.93. The monoisotopic (exact) mass is 357 g/mol. The number of aryl methyl sites for hydroxylation is 1. The number of nitrogens with zero attached hydrogens (tertiary/aromatic N) is 1. The van der Waals surface area contributed by atoms with Gasteiger partial charge in [-0.15, -0.1) is 0 Å². The normalized spacial score (nSPS) is 14.8. The van der Waals surface area contributed by atoms with Gasteiger partial charge in [-0.2, -0.15) is 5.10 Å². The van der Waals surface area contributed by atoms with E-state index in [9.17, 15) is 9.59 Å². The minimum Gasteiger partial charge on any atom is -0.321 e. The lowest BCUT2D eigenvalue weighted by Crippen LogP contribution is -2.32. The van der Waals surface area contributed by atoms with Crippen LogP contribution in [0, 0.1) is 10.5 Å². The predicted molar refractivity (Wildman–Crippen MR) is 77.3 cm³/mol. The Morgan fingerprint density at radius 3 is 2.83 bits per heavy atom. The smallest absolute Gasteiger partial charge is 0.271 e. The van der Waals surface area contributed by atoms with E-state index in [4.69, 9.17) is 0 Å². The lowest BCUT2D eigenvalue weighted by molar-refractivity contribution is -0.121. The van der Waals surface area contributed by atoms with Crippen LogP contribution in [0.25, 0.3) is 0 Å². The van der Waals surface area contributed by atoms with Gasteiger partial charge in [-0.1, -0.05) is 0 Å². The molecule has 1 heterocycles. The molecule has 0 saturated heterocycles. The van der Waals surface area contributed by atoms with Crippen molar-refractivity contribution in [3.8, 4) is 0 Å². The molecule has 94 valence electrons. The molecular formula is C12H12IN3O2. The molecule has 2 rings (SSSR count). The number of halogens is 1. The van der Waals surface area contributed by atoms with Gasteiger partial charge in [-0.3, -0.25) is 9.59 Å². The minimum absolute atomic E-state index is 0.156. The van der Waals surface area contributed by atoms with Crippen LogP contribution in [0.5, 0.6) is 0 Å². The quantitative estimate of drug-likeness (QED) is 0.793. The van der Waals surface area contributed by atoms with Crippen LogP contribution in [-0.4, -0.2) is 17.5 Å². The van der Waals surface area contributed by atoms with Gasteiger partial charge in [0.1, 0.15) is 5.71 Å². The summed E-state index contributed by atoms with van der Waals surface area (Å²) in [5, 5.41) is 6.55. The van der Waals surface area contributed by atoms with Gasteiger partial charge in [-0.25, -0.2) is 5.43 Å². The van der Waals surface area contributed by atoms with Crippen molar-refractivity contribution in [2.24, 2.45) is 5.10 Å². The molecule has 0 radical (unpaired) electrons. The molecule has 0 unspecified atom stereocenters. The minimum atomic E-state index is -0.265. The Balaban J connectivity index is 2.09. The van der Waals surface area contributed by atoms with E-state index in [2.05, 4.69) is 38.4 Å². The van der Waals surface area contributed by atoms with E-state index in [1.807, 2.05) is 25.1 Å². The number of hydrogen-bond acceptors (Lipinski definition) is 3. The highest BCUT2D eigenvalue weighted by atomic mass is 127. The maximum absolute atomic E-state index is 11.9. The summed E-state index contributed by atoms with van der Waals surface area (Å²) in [7, 11) is 0. The first-order valence-electron chi connectivity index (χ1n) is 5.49. The highest BCUT2D eigenvalue weighted by Crippen LogP contribution is 2.18. The van der Waals surface area contributed by atoms with Crippen molar-refractivity contribution in [3.63, 3.8) is 0 Å². The van der Waals surface area contributed by atoms with Crippen molar-refractivity contribution < 1.29 is 9.59 Å². The Morgan fingerprint density at radius 1 is 1.44 bits per heavy atom. The zero-order chi connectivity index (χ0) is 13.1. The molecular weight excluding hydrogens is 345 g/mol. The highest BCUT2D eigenvalue weighted by molar-refractivity contribution is 14.1. The van der Waals surface area contributed by atoms with Gasteiger partial charge < -0.3 is 5.32 Å². The molecule has 1 aliphatic heterocycles. The lowest BCUT2D eigenvalue weighted by atomic mass is 10.1. The number of rotatable bonds is 2.